The molecule has 4 bridgehead atoms. The first kappa shape index (κ1) is 21.4. The molecular weight excluding hydrogens is 426 g/mol. The van der Waals surface area contributed by atoms with Crippen molar-refractivity contribution >= 4 is 21.7 Å². The minimum absolute atomic E-state index is 0.109. The van der Waals surface area contributed by atoms with E-state index in [0.717, 1.165) is 69.5 Å². The SMILES string of the molecule is O=C(C1CCCN1C(=O)C12CC3CC(CC(C3)C1)C2)N1CCN(C2CCS(=O)(=O)C2)CC1. The molecule has 3 heterocycles. The highest BCUT2D eigenvalue weighted by Crippen LogP contribution is 2.60. The number of hydrogen-bond donors (Lipinski definition) is 0. The number of sulfone groups is 1. The molecule has 3 saturated heterocycles. The minimum Gasteiger partial charge on any atom is -0.338 e. The van der Waals surface area contributed by atoms with Crippen molar-refractivity contribution in [1.82, 2.24) is 14.7 Å². The third kappa shape index (κ3) is 3.60. The first-order valence-electron chi connectivity index (χ1n) is 12.9. The molecule has 0 spiro atoms. The van der Waals surface area contributed by atoms with Crippen LogP contribution < -0.4 is 0 Å². The van der Waals surface area contributed by atoms with Crippen molar-refractivity contribution in [2.24, 2.45) is 23.2 Å². The van der Waals surface area contributed by atoms with Gasteiger partial charge in [0.25, 0.3) is 0 Å². The first-order valence-corrected chi connectivity index (χ1v) is 14.7. The molecular formula is C24H37N3O4S. The van der Waals surface area contributed by atoms with Gasteiger partial charge in [-0.25, -0.2) is 8.42 Å². The van der Waals surface area contributed by atoms with Crippen molar-refractivity contribution in [3.05, 3.63) is 0 Å². The zero-order valence-electron chi connectivity index (χ0n) is 19.1. The van der Waals surface area contributed by atoms with Crippen LogP contribution >= 0.6 is 0 Å². The lowest BCUT2D eigenvalue weighted by atomic mass is 9.49. The molecule has 0 aromatic heterocycles. The van der Waals surface area contributed by atoms with E-state index < -0.39 is 9.84 Å². The third-order valence-electron chi connectivity index (χ3n) is 9.64. The van der Waals surface area contributed by atoms with E-state index in [1.807, 2.05) is 9.80 Å². The largest absolute Gasteiger partial charge is 0.338 e. The molecule has 0 N–H and O–H groups in total. The van der Waals surface area contributed by atoms with Gasteiger partial charge >= 0.3 is 0 Å². The number of amides is 2. The number of hydrogen-bond acceptors (Lipinski definition) is 5. The van der Waals surface area contributed by atoms with Crippen molar-refractivity contribution in [2.75, 3.05) is 44.2 Å². The minimum atomic E-state index is -2.89. The van der Waals surface area contributed by atoms with Gasteiger partial charge < -0.3 is 9.80 Å². The van der Waals surface area contributed by atoms with Crippen molar-refractivity contribution in [3.8, 4) is 0 Å². The molecule has 7 rings (SSSR count). The summed E-state index contributed by atoms with van der Waals surface area (Å²) >= 11 is 0. The molecule has 0 aromatic carbocycles. The summed E-state index contributed by atoms with van der Waals surface area (Å²) in [5, 5.41) is 0. The predicted molar refractivity (Wildman–Crippen MR) is 121 cm³/mol. The highest BCUT2D eigenvalue weighted by atomic mass is 32.2. The molecule has 0 aromatic rings. The average Bonchev–Trinajstić information content (AvgIpc) is 3.38. The van der Waals surface area contributed by atoms with Gasteiger partial charge in [-0.3, -0.25) is 14.5 Å². The van der Waals surface area contributed by atoms with E-state index in [0.29, 0.717) is 31.2 Å². The summed E-state index contributed by atoms with van der Waals surface area (Å²) in [5.74, 6) is 3.16. The fourth-order valence-electron chi connectivity index (χ4n) is 8.53. The maximum Gasteiger partial charge on any atom is 0.245 e. The van der Waals surface area contributed by atoms with E-state index in [9.17, 15) is 18.0 Å². The lowest BCUT2D eigenvalue weighted by molar-refractivity contribution is -0.162. The summed E-state index contributed by atoms with van der Waals surface area (Å²) in [6, 6.07) is -0.174. The highest BCUT2D eigenvalue weighted by Gasteiger charge is 2.57. The second-order valence-corrected chi connectivity index (χ2v) is 14.0. The quantitative estimate of drug-likeness (QED) is 0.634. The van der Waals surface area contributed by atoms with Crippen molar-refractivity contribution in [3.63, 3.8) is 0 Å². The standard InChI is InChI=1S/C24H37N3O4S/c28-22(26-7-5-25(6-8-26)20-3-9-32(30,31)16-20)21-2-1-4-27(21)23(29)24-13-17-10-18(14-24)12-19(11-17)15-24/h17-21H,1-16H2. The van der Waals surface area contributed by atoms with Crippen LogP contribution in [0.15, 0.2) is 0 Å². The Hall–Kier alpha value is -1.15. The highest BCUT2D eigenvalue weighted by molar-refractivity contribution is 7.91. The van der Waals surface area contributed by atoms with Crippen LogP contribution in [0.1, 0.15) is 57.8 Å². The first-order chi connectivity index (χ1) is 15.3. The summed E-state index contributed by atoms with van der Waals surface area (Å²) in [4.78, 5) is 33.5. The lowest BCUT2D eigenvalue weighted by Gasteiger charge is -2.56. The van der Waals surface area contributed by atoms with E-state index in [1.165, 1.54) is 19.3 Å². The molecule has 4 saturated carbocycles. The Balaban J connectivity index is 1.10. The molecule has 0 radical (unpaired) electrons. The Bertz CT molecular complexity index is 860. The second-order valence-electron chi connectivity index (χ2n) is 11.8. The molecule has 2 atom stereocenters. The maximum absolute atomic E-state index is 13.9. The molecule has 7 nitrogen and oxygen atoms in total. The van der Waals surface area contributed by atoms with Crippen molar-refractivity contribution in [2.45, 2.75) is 69.9 Å². The number of carbonyl (C=O) groups is 2. The molecule has 178 valence electrons. The summed E-state index contributed by atoms with van der Waals surface area (Å²) in [5.41, 5.74) is -0.176. The smallest absolute Gasteiger partial charge is 0.245 e. The number of carbonyl (C=O) groups excluding carboxylic acids is 2. The van der Waals surface area contributed by atoms with Gasteiger partial charge in [0.15, 0.2) is 9.84 Å². The second kappa shape index (κ2) is 7.69. The average molecular weight is 464 g/mol. The van der Waals surface area contributed by atoms with Gasteiger partial charge in [-0.2, -0.15) is 0 Å². The van der Waals surface area contributed by atoms with Crippen LogP contribution in [-0.2, 0) is 19.4 Å². The Labute approximate surface area is 191 Å². The maximum atomic E-state index is 13.9. The van der Waals surface area contributed by atoms with E-state index in [-0.39, 0.29) is 29.2 Å². The van der Waals surface area contributed by atoms with Crippen molar-refractivity contribution in [1.29, 1.82) is 0 Å². The number of piperazine rings is 1. The predicted octanol–water partition coefficient (Wildman–Crippen LogP) is 1.53. The molecule has 4 aliphatic carbocycles. The van der Waals surface area contributed by atoms with Gasteiger partial charge in [0.05, 0.1) is 16.9 Å². The number of nitrogens with zero attached hydrogens (tertiary/aromatic N) is 3. The van der Waals surface area contributed by atoms with Crippen molar-refractivity contribution < 1.29 is 18.0 Å². The Morgan fingerprint density at radius 1 is 0.812 bits per heavy atom. The van der Waals surface area contributed by atoms with Crippen LogP contribution in [0, 0.1) is 23.2 Å². The fourth-order valence-corrected chi connectivity index (χ4v) is 10.3. The third-order valence-corrected chi connectivity index (χ3v) is 11.4. The van der Waals surface area contributed by atoms with Gasteiger partial charge in [-0.1, -0.05) is 0 Å². The molecule has 3 aliphatic heterocycles. The molecule has 7 fully saturated rings. The monoisotopic (exact) mass is 463 g/mol. The Morgan fingerprint density at radius 3 is 2.00 bits per heavy atom. The van der Waals surface area contributed by atoms with E-state index in [2.05, 4.69) is 4.90 Å². The fraction of sp³-hybridized carbons (Fsp3) is 0.917. The summed E-state index contributed by atoms with van der Waals surface area (Å²) < 4.78 is 23.7. The Morgan fingerprint density at radius 2 is 1.44 bits per heavy atom. The van der Waals surface area contributed by atoms with Crippen LogP contribution in [0.4, 0.5) is 0 Å². The molecule has 7 aliphatic rings. The van der Waals surface area contributed by atoms with Gasteiger partial charge in [0, 0.05) is 38.8 Å². The van der Waals surface area contributed by atoms with Crippen LogP contribution in [-0.4, -0.2) is 91.2 Å². The van der Waals surface area contributed by atoms with Gasteiger partial charge in [0.1, 0.15) is 6.04 Å². The van der Waals surface area contributed by atoms with E-state index in [4.69, 9.17) is 0 Å². The molecule has 32 heavy (non-hydrogen) atoms. The normalized spacial score (nSPS) is 43.2. The number of likely N-dealkylation sites (tertiary alicyclic amines) is 1. The van der Waals surface area contributed by atoms with Crippen LogP contribution in [0.5, 0.6) is 0 Å². The Kier molecular flexibility index (Phi) is 5.14. The van der Waals surface area contributed by atoms with E-state index >= 15 is 0 Å². The molecule has 2 unspecified atom stereocenters. The zero-order chi connectivity index (χ0) is 22.1. The van der Waals surface area contributed by atoms with Gasteiger partial charge in [-0.05, 0) is 75.5 Å². The van der Waals surface area contributed by atoms with Gasteiger partial charge in [0.2, 0.25) is 11.8 Å². The summed E-state index contributed by atoms with van der Waals surface area (Å²) in [6.45, 7) is 3.50. The van der Waals surface area contributed by atoms with Crippen LogP contribution in [0.2, 0.25) is 0 Å². The molecule has 2 amide bonds. The van der Waals surface area contributed by atoms with Crippen LogP contribution in [0.25, 0.3) is 0 Å². The summed E-state index contributed by atoms with van der Waals surface area (Å²) in [6.07, 6.45) is 9.55. The van der Waals surface area contributed by atoms with Crippen LogP contribution in [0.3, 0.4) is 0 Å². The molecule has 8 heteroatoms. The summed E-state index contributed by atoms with van der Waals surface area (Å²) in [7, 11) is -2.89. The number of rotatable bonds is 3. The topological polar surface area (TPSA) is 78.0 Å². The van der Waals surface area contributed by atoms with E-state index in [1.54, 1.807) is 0 Å². The van der Waals surface area contributed by atoms with Gasteiger partial charge in [-0.15, -0.1) is 0 Å². The lowest BCUT2D eigenvalue weighted by Crippen LogP contribution is -2.59. The zero-order valence-corrected chi connectivity index (χ0v) is 19.9.